The summed E-state index contributed by atoms with van der Waals surface area (Å²) >= 11 is 6.63. The second kappa shape index (κ2) is 10.4. The number of rotatable bonds is 7. The van der Waals surface area contributed by atoms with E-state index in [9.17, 15) is 18.0 Å². The molecule has 0 radical (unpaired) electrons. The van der Waals surface area contributed by atoms with E-state index in [0.29, 0.717) is 27.9 Å². The number of nitrogens with zero attached hydrogens (tertiary/aromatic N) is 1. The van der Waals surface area contributed by atoms with Crippen LogP contribution < -0.4 is 10.5 Å². The third kappa shape index (κ3) is 6.75. The van der Waals surface area contributed by atoms with Crippen molar-refractivity contribution in [2.24, 2.45) is 5.14 Å². The Morgan fingerprint density at radius 2 is 1.74 bits per heavy atom. The number of thioether (sulfide) groups is 1. The van der Waals surface area contributed by atoms with Crippen LogP contribution in [-0.2, 0) is 25.0 Å². The molecule has 10 heteroatoms. The second-order valence-corrected chi connectivity index (χ2v) is 12.2. The molecule has 2 aromatic rings. The molecule has 34 heavy (non-hydrogen) atoms. The first kappa shape index (κ1) is 26.1. The lowest BCUT2D eigenvalue weighted by atomic mass is 9.87. The maximum absolute atomic E-state index is 12.8. The molecule has 0 bridgehead atoms. The van der Waals surface area contributed by atoms with E-state index in [1.165, 1.54) is 46.5 Å². The highest BCUT2D eigenvalue weighted by molar-refractivity contribution is 8.26. The topological polar surface area (TPSA) is 110 Å². The highest BCUT2D eigenvalue weighted by atomic mass is 32.2. The quantitative estimate of drug-likeness (QED) is 0.420. The third-order valence-corrected chi connectivity index (χ3v) is 7.51. The number of thiocarbonyl (C=S) groups is 1. The van der Waals surface area contributed by atoms with Gasteiger partial charge in [-0.1, -0.05) is 69.0 Å². The van der Waals surface area contributed by atoms with Gasteiger partial charge in [-0.2, -0.15) is 0 Å². The number of nitrogens with two attached hydrogens (primary N) is 1. The van der Waals surface area contributed by atoms with Gasteiger partial charge in [-0.25, -0.2) is 13.6 Å². The predicted molar refractivity (Wildman–Crippen MR) is 141 cm³/mol. The van der Waals surface area contributed by atoms with E-state index in [0.717, 1.165) is 5.56 Å². The molecule has 0 spiro atoms. The van der Waals surface area contributed by atoms with Crippen molar-refractivity contribution in [2.45, 2.75) is 43.9 Å². The molecule has 0 atom stereocenters. The molecule has 7 nitrogen and oxygen atoms in total. The van der Waals surface area contributed by atoms with E-state index in [1.54, 1.807) is 0 Å². The van der Waals surface area contributed by atoms with Gasteiger partial charge in [0.05, 0.1) is 9.80 Å². The SMILES string of the molecule is CC(C)(C)c1ccc(/C=C2\SC(=S)N(CCCC(=O)Nc3ccc(S(N)(=O)=O)cc3)C2=O)cc1. The average Bonchev–Trinajstić information content (AvgIpc) is 3.00. The molecule has 180 valence electrons. The minimum Gasteiger partial charge on any atom is -0.326 e. The summed E-state index contributed by atoms with van der Waals surface area (Å²) in [7, 11) is -3.78. The zero-order valence-corrected chi connectivity index (χ0v) is 21.6. The summed E-state index contributed by atoms with van der Waals surface area (Å²) < 4.78 is 23.1. The number of carbonyl (C=O) groups is 2. The first-order chi connectivity index (χ1) is 15.8. The van der Waals surface area contributed by atoms with Crippen molar-refractivity contribution in [1.29, 1.82) is 0 Å². The van der Waals surface area contributed by atoms with Gasteiger partial charge in [0.2, 0.25) is 15.9 Å². The summed E-state index contributed by atoms with van der Waals surface area (Å²) in [5, 5.41) is 7.76. The average molecular weight is 518 g/mol. The first-order valence-corrected chi connectivity index (χ1v) is 13.4. The smallest absolute Gasteiger partial charge is 0.266 e. The largest absolute Gasteiger partial charge is 0.326 e. The van der Waals surface area contributed by atoms with Gasteiger partial charge in [-0.05, 0) is 53.3 Å². The standard InChI is InChI=1S/C24H27N3O4S3/c1-24(2,3)17-8-6-16(7-9-17)15-20-22(29)27(23(32)33-20)14-4-5-21(28)26-18-10-12-19(13-11-18)34(25,30)31/h6-13,15H,4-5,14H2,1-3H3,(H,26,28)(H2,25,30,31)/b20-15-. The molecule has 2 aromatic carbocycles. The lowest BCUT2D eigenvalue weighted by Gasteiger charge is -2.18. The number of hydrogen-bond donors (Lipinski definition) is 2. The van der Waals surface area contributed by atoms with Gasteiger partial charge in [0.1, 0.15) is 4.32 Å². The number of benzene rings is 2. The van der Waals surface area contributed by atoms with Crippen LogP contribution in [0.2, 0.25) is 0 Å². The Balaban J connectivity index is 1.53. The Kier molecular flexibility index (Phi) is 7.97. The summed E-state index contributed by atoms with van der Waals surface area (Å²) in [6.07, 6.45) is 2.45. The number of hydrogen-bond acceptors (Lipinski definition) is 6. The third-order valence-electron chi connectivity index (χ3n) is 5.20. The number of carbonyl (C=O) groups excluding carboxylic acids is 2. The molecule has 1 fully saturated rings. The molecular weight excluding hydrogens is 490 g/mol. The summed E-state index contributed by atoms with van der Waals surface area (Å²) in [6, 6.07) is 13.7. The lowest BCUT2D eigenvalue weighted by molar-refractivity contribution is -0.122. The number of nitrogens with one attached hydrogen (secondary N) is 1. The lowest BCUT2D eigenvalue weighted by Crippen LogP contribution is -2.29. The van der Waals surface area contributed by atoms with Crippen LogP contribution in [0, 0.1) is 0 Å². The van der Waals surface area contributed by atoms with Crippen molar-refractivity contribution in [3.8, 4) is 0 Å². The zero-order chi connectivity index (χ0) is 25.1. The van der Waals surface area contributed by atoms with Crippen molar-refractivity contribution in [2.75, 3.05) is 11.9 Å². The molecule has 1 saturated heterocycles. The van der Waals surface area contributed by atoms with Crippen LogP contribution in [0.4, 0.5) is 5.69 Å². The second-order valence-electron chi connectivity index (χ2n) is 8.93. The van der Waals surface area contributed by atoms with Crippen LogP contribution in [-0.4, -0.2) is 36.0 Å². The van der Waals surface area contributed by atoms with Gasteiger partial charge in [-0.3, -0.25) is 14.5 Å². The fourth-order valence-electron chi connectivity index (χ4n) is 3.27. The van der Waals surface area contributed by atoms with Crippen LogP contribution in [0.1, 0.15) is 44.7 Å². The maximum Gasteiger partial charge on any atom is 0.266 e. The highest BCUT2D eigenvalue weighted by Crippen LogP contribution is 2.33. The molecule has 3 rings (SSSR count). The van der Waals surface area contributed by atoms with Gasteiger partial charge >= 0.3 is 0 Å². The first-order valence-electron chi connectivity index (χ1n) is 10.6. The molecule has 2 amide bonds. The molecule has 0 aromatic heterocycles. The highest BCUT2D eigenvalue weighted by Gasteiger charge is 2.31. The molecule has 1 heterocycles. The Morgan fingerprint density at radius 1 is 1.12 bits per heavy atom. The van der Waals surface area contributed by atoms with Gasteiger partial charge < -0.3 is 5.32 Å². The van der Waals surface area contributed by atoms with E-state index in [4.69, 9.17) is 17.4 Å². The van der Waals surface area contributed by atoms with E-state index >= 15 is 0 Å². The van der Waals surface area contributed by atoms with Crippen molar-refractivity contribution >= 4 is 61.9 Å². The fraction of sp³-hybridized carbons (Fsp3) is 0.292. The molecule has 1 aliphatic rings. The van der Waals surface area contributed by atoms with Gasteiger partial charge in [0.25, 0.3) is 5.91 Å². The van der Waals surface area contributed by atoms with Crippen LogP contribution in [0.25, 0.3) is 6.08 Å². The van der Waals surface area contributed by atoms with Crippen molar-refractivity contribution in [3.63, 3.8) is 0 Å². The number of anilines is 1. The molecule has 3 N–H and O–H groups in total. The van der Waals surface area contributed by atoms with Crippen LogP contribution in [0.3, 0.4) is 0 Å². The molecule has 0 saturated carbocycles. The molecule has 0 aliphatic carbocycles. The van der Waals surface area contributed by atoms with E-state index < -0.39 is 10.0 Å². The Bertz CT molecular complexity index is 1230. The monoisotopic (exact) mass is 517 g/mol. The van der Waals surface area contributed by atoms with Gasteiger partial charge in [0.15, 0.2) is 0 Å². The van der Waals surface area contributed by atoms with Crippen LogP contribution in [0.15, 0.2) is 58.3 Å². The number of primary sulfonamides is 1. The minimum atomic E-state index is -3.78. The zero-order valence-electron chi connectivity index (χ0n) is 19.2. The predicted octanol–water partition coefficient (Wildman–Crippen LogP) is 4.25. The van der Waals surface area contributed by atoms with Crippen LogP contribution in [0.5, 0.6) is 0 Å². The van der Waals surface area contributed by atoms with Crippen LogP contribution >= 0.6 is 24.0 Å². The number of amides is 2. The normalized spacial score (nSPS) is 15.8. The summed E-state index contributed by atoms with van der Waals surface area (Å²) in [4.78, 5) is 27.1. The van der Waals surface area contributed by atoms with E-state index in [1.807, 2.05) is 18.2 Å². The van der Waals surface area contributed by atoms with E-state index in [2.05, 4.69) is 38.2 Å². The Labute approximate surface area is 209 Å². The van der Waals surface area contributed by atoms with Crippen molar-refractivity contribution in [1.82, 2.24) is 4.90 Å². The molecular formula is C24H27N3O4S3. The van der Waals surface area contributed by atoms with Gasteiger partial charge in [-0.15, -0.1) is 0 Å². The molecule has 1 aliphatic heterocycles. The van der Waals surface area contributed by atoms with Crippen molar-refractivity contribution in [3.05, 3.63) is 64.6 Å². The maximum atomic E-state index is 12.8. The summed E-state index contributed by atoms with van der Waals surface area (Å²) in [5.74, 6) is -0.405. The Hall–Kier alpha value is -2.53. The fourth-order valence-corrected chi connectivity index (χ4v) is 5.10. The summed E-state index contributed by atoms with van der Waals surface area (Å²) in [6.45, 7) is 6.79. The van der Waals surface area contributed by atoms with Crippen molar-refractivity contribution < 1.29 is 18.0 Å². The number of sulfonamides is 1. The Morgan fingerprint density at radius 3 is 2.29 bits per heavy atom. The minimum absolute atomic E-state index is 0.0296. The van der Waals surface area contributed by atoms with E-state index in [-0.39, 0.29) is 28.5 Å². The molecule has 0 unspecified atom stereocenters. The summed E-state index contributed by atoms with van der Waals surface area (Å²) in [5.41, 5.74) is 2.67. The van der Waals surface area contributed by atoms with Gasteiger partial charge in [0, 0.05) is 18.7 Å².